The van der Waals surface area contributed by atoms with E-state index >= 15 is 0 Å². The Hall–Kier alpha value is -0.990. The molecule has 0 saturated heterocycles. The Morgan fingerprint density at radius 1 is 0.464 bits per heavy atom. The van der Waals surface area contributed by atoms with Gasteiger partial charge >= 0.3 is 0 Å². The van der Waals surface area contributed by atoms with Crippen molar-refractivity contribution < 1.29 is 0 Å². The highest BCUT2D eigenvalue weighted by molar-refractivity contribution is 4.90. The summed E-state index contributed by atoms with van der Waals surface area (Å²) in [6, 6.07) is 0. The molecule has 0 unspecified atom stereocenters. The third-order valence-electron chi connectivity index (χ3n) is 5.62. The Bertz CT molecular complexity index is 410. The third-order valence-corrected chi connectivity index (χ3v) is 5.62. The minimum Gasteiger partial charge on any atom is -0.218 e. The fourth-order valence-electron chi connectivity index (χ4n) is 3.75. The second-order valence-electron chi connectivity index (χ2n) is 8.42. The van der Waals surface area contributed by atoms with E-state index in [1.54, 1.807) is 0 Å². The third kappa shape index (κ3) is 15.0. The van der Waals surface area contributed by atoms with E-state index in [0.29, 0.717) is 0 Å². The summed E-state index contributed by atoms with van der Waals surface area (Å²) < 4.78 is 0. The van der Waals surface area contributed by atoms with E-state index in [1.165, 1.54) is 116 Å². The molecule has 0 fully saturated rings. The van der Waals surface area contributed by atoms with Crippen molar-refractivity contribution in [2.75, 3.05) is 0 Å². The summed E-state index contributed by atoms with van der Waals surface area (Å²) in [6.45, 7) is 4.56. The first-order valence-corrected chi connectivity index (χ1v) is 12.5. The van der Waals surface area contributed by atoms with Gasteiger partial charge in [0.25, 0.3) is 0 Å². The lowest BCUT2D eigenvalue weighted by molar-refractivity contribution is 0.556. The smallest absolute Gasteiger partial charge is 0.201 e. The van der Waals surface area contributed by atoms with Crippen molar-refractivity contribution in [3.05, 3.63) is 18.0 Å². The molecule has 28 heavy (non-hydrogen) atoms. The Balaban J connectivity index is 2.00. The zero-order valence-corrected chi connectivity index (χ0v) is 19.0. The molecule has 0 saturated carbocycles. The molecular weight excluding hydrogens is 342 g/mol. The van der Waals surface area contributed by atoms with Gasteiger partial charge in [-0.15, -0.1) is 0 Å². The zero-order valence-electron chi connectivity index (χ0n) is 19.0. The van der Waals surface area contributed by atoms with Crippen molar-refractivity contribution >= 4 is 0 Å². The van der Waals surface area contributed by atoms with E-state index < -0.39 is 0 Å². The van der Waals surface area contributed by atoms with Crippen LogP contribution in [-0.2, 0) is 12.8 Å². The van der Waals surface area contributed by atoms with Gasteiger partial charge in [0.15, 0.2) is 0 Å². The summed E-state index contributed by atoms with van der Waals surface area (Å²) in [4.78, 5) is 13.2. The molecule has 0 bridgehead atoms. The highest BCUT2D eigenvalue weighted by Gasteiger charge is 2.02. The van der Waals surface area contributed by atoms with E-state index in [9.17, 15) is 0 Å². The predicted octanol–water partition coefficient (Wildman–Crippen LogP) is 7.82. The highest BCUT2D eigenvalue weighted by Crippen LogP contribution is 2.12. The van der Waals surface area contributed by atoms with Crippen LogP contribution in [0.25, 0.3) is 0 Å². The first kappa shape index (κ1) is 25.0. The zero-order chi connectivity index (χ0) is 20.1. The van der Waals surface area contributed by atoms with Crippen LogP contribution in [0.1, 0.15) is 141 Å². The first-order valence-electron chi connectivity index (χ1n) is 12.5. The quantitative estimate of drug-likeness (QED) is 0.214. The molecule has 3 heteroatoms. The van der Waals surface area contributed by atoms with Gasteiger partial charge in [-0.1, -0.05) is 117 Å². The molecule has 1 radical (unpaired) electrons. The van der Waals surface area contributed by atoms with Crippen LogP contribution in [0.2, 0.25) is 0 Å². The van der Waals surface area contributed by atoms with Crippen LogP contribution in [0.15, 0.2) is 0 Å². The van der Waals surface area contributed by atoms with Crippen LogP contribution >= 0.6 is 0 Å². The van der Waals surface area contributed by atoms with Gasteiger partial charge < -0.3 is 0 Å². The second kappa shape index (κ2) is 19.3. The monoisotopic (exact) mass is 388 g/mol. The number of unbranched alkanes of at least 4 members (excludes halogenated alkanes) is 16. The Morgan fingerprint density at radius 2 is 0.786 bits per heavy atom. The average molecular weight is 389 g/mol. The molecule has 0 aliphatic rings. The normalized spacial score (nSPS) is 11.2. The van der Waals surface area contributed by atoms with Crippen molar-refractivity contribution in [1.82, 2.24) is 15.0 Å². The van der Waals surface area contributed by atoms with E-state index in [-0.39, 0.29) is 0 Å². The van der Waals surface area contributed by atoms with Gasteiger partial charge in [-0.3, -0.25) is 0 Å². The lowest BCUT2D eigenvalue weighted by Crippen LogP contribution is -2.03. The predicted molar refractivity (Wildman–Crippen MR) is 121 cm³/mol. The SMILES string of the molecule is CCCCCCCCCCCc1n[c]nc(CCCCCCCCCCC)n1. The van der Waals surface area contributed by atoms with Gasteiger partial charge in [0.05, 0.1) is 0 Å². The van der Waals surface area contributed by atoms with Crippen molar-refractivity contribution in [1.29, 1.82) is 0 Å². The van der Waals surface area contributed by atoms with Gasteiger partial charge in [0, 0.05) is 12.8 Å². The van der Waals surface area contributed by atoms with Crippen LogP contribution in [0.5, 0.6) is 0 Å². The van der Waals surface area contributed by atoms with Gasteiger partial charge in [-0.05, 0) is 12.8 Å². The topological polar surface area (TPSA) is 38.7 Å². The molecule has 0 N–H and O–H groups in total. The van der Waals surface area contributed by atoms with E-state index in [4.69, 9.17) is 0 Å². The molecule has 0 spiro atoms. The first-order chi connectivity index (χ1) is 13.9. The van der Waals surface area contributed by atoms with Gasteiger partial charge in [0.1, 0.15) is 11.6 Å². The summed E-state index contributed by atoms with van der Waals surface area (Å²) >= 11 is 0. The average Bonchev–Trinajstić information content (AvgIpc) is 2.72. The maximum Gasteiger partial charge on any atom is 0.201 e. The molecule has 0 aromatic carbocycles. The summed E-state index contributed by atoms with van der Waals surface area (Å²) in [7, 11) is 0. The van der Waals surface area contributed by atoms with Crippen molar-refractivity contribution in [2.24, 2.45) is 0 Å². The van der Waals surface area contributed by atoms with Crippen molar-refractivity contribution in [3.63, 3.8) is 0 Å². The molecule has 1 heterocycles. The van der Waals surface area contributed by atoms with Crippen LogP contribution in [-0.4, -0.2) is 15.0 Å². The van der Waals surface area contributed by atoms with Crippen LogP contribution < -0.4 is 0 Å². The van der Waals surface area contributed by atoms with Crippen molar-refractivity contribution in [3.8, 4) is 0 Å². The molecule has 1 rings (SSSR count). The summed E-state index contributed by atoms with van der Waals surface area (Å²) in [5.41, 5.74) is 0. The standard InChI is InChI=1S/C25H46N3/c1-3-5-7-9-11-13-15-17-19-21-24-26-23-27-25(28-24)22-20-18-16-14-12-10-8-6-4-2/h3-22H2,1-2H3. The van der Waals surface area contributed by atoms with Gasteiger partial charge in [0.2, 0.25) is 6.33 Å². The van der Waals surface area contributed by atoms with Gasteiger partial charge in [-0.2, -0.15) is 0 Å². The molecular formula is C25H46N3. The number of rotatable bonds is 20. The summed E-state index contributed by atoms with van der Waals surface area (Å²) in [6.07, 6.45) is 29.2. The number of hydrogen-bond donors (Lipinski definition) is 0. The molecule has 161 valence electrons. The minimum absolute atomic E-state index is 0.948. The molecule has 1 aromatic rings. The molecule has 0 amide bonds. The molecule has 0 atom stereocenters. The Kier molecular flexibility index (Phi) is 17.3. The molecule has 0 aliphatic heterocycles. The van der Waals surface area contributed by atoms with Crippen molar-refractivity contribution in [2.45, 2.75) is 142 Å². The van der Waals surface area contributed by atoms with E-state index in [1.807, 2.05) is 0 Å². The van der Waals surface area contributed by atoms with E-state index in [2.05, 4.69) is 35.1 Å². The highest BCUT2D eigenvalue weighted by atomic mass is 15.0. The molecule has 1 aromatic heterocycles. The maximum atomic E-state index is 4.65. The number of aromatic nitrogens is 3. The van der Waals surface area contributed by atoms with E-state index in [0.717, 1.165) is 24.5 Å². The Morgan fingerprint density at radius 3 is 1.14 bits per heavy atom. The largest absolute Gasteiger partial charge is 0.218 e. The van der Waals surface area contributed by atoms with Crippen LogP contribution in [0, 0.1) is 6.33 Å². The van der Waals surface area contributed by atoms with Crippen LogP contribution in [0.4, 0.5) is 0 Å². The Labute approximate surface area is 175 Å². The fraction of sp³-hybridized carbons (Fsp3) is 0.880. The minimum atomic E-state index is 0.948. The number of hydrogen-bond acceptors (Lipinski definition) is 3. The fourth-order valence-corrected chi connectivity index (χ4v) is 3.75. The number of aryl methyl sites for hydroxylation is 2. The van der Waals surface area contributed by atoms with Crippen LogP contribution in [0.3, 0.4) is 0 Å². The van der Waals surface area contributed by atoms with Gasteiger partial charge in [-0.25, -0.2) is 15.0 Å². The lowest BCUT2D eigenvalue weighted by Gasteiger charge is -2.04. The lowest BCUT2D eigenvalue weighted by atomic mass is 10.1. The second-order valence-corrected chi connectivity index (χ2v) is 8.42. The molecule has 3 nitrogen and oxygen atoms in total. The number of nitrogens with zero attached hydrogens (tertiary/aromatic N) is 3. The maximum absolute atomic E-state index is 4.65. The summed E-state index contributed by atoms with van der Waals surface area (Å²) in [5.74, 6) is 1.90. The molecule has 0 aliphatic carbocycles. The summed E-state index contributed by atoms with van der Waals surface area (Å²) in [5, 5.41) is 0.